The molecule has 12 heteroatoms. The maximum Gasteiger partial charge on any atom is 0.412 e. The zero-order valence-electron chi connectivity index (χ0n) is 21.1. The third kappa shape index (κ3) is 7.03. The summed E-state index contributed by atoms with van der Waals surface area (Å²) >= 11 is 0. The van der Waals surface area contributed by atoms with Crippen LogP contribution >= 0.6 is 0 Å². The molecule has 11 nitrogen and oxygen atoms in total. The summed E-state index contributed by atoms with van der Waals surface area (Å²) in [6.07, 6.45) is 4.97. The van der Waals surface area contributed by atoms with Gasteiger partial charge in [-0.3, -0.25) is 10.2 Å². The summed E-state index contributed by atoms with van der Waals surface area (Å²) < 4.78 is 42.9. The van der Waals surface area contributed by atoms with E-state index in [1.54, 1.807) is 60.7 Å². The third-order valence-corrected chi connectivity index (χ3v) is 7.33. The van der Waals surface area contributed by atoms with E-state index in [1.165, 1.54) is 0 Å². The number of carbonyl (C=O) groups is 1. The molecule has 202 valence electrons. The molecular formula is C26H31N5O6S. The number of nitrogens with two attached hydrogens (primary N) is 1. The summed E-state index contributed by atoms with van der Waals surface area (Å²) in [6.45, 7) is 3.85. The lowest BCUT2D eigenvalue weighted by Crippen LogP contribution is -2.41. The maximum atomic E-state index is 12.8. The summed E-state index contributed by atoms with van der Waals surface area (Å²) in [5.74, 6) is -0.388. The number of anilines is 1. The largest absolute Gasteiger partial charge is 0.490 e. The van der Waals surface area contributed by atoms with Crippen molar-refractivity contribution in [2.75, 3.05) is 37.1 Å². The zero-order chi connectivity index (χ0) is 27.1. The lowest BCUT2D eigenvalue weighted by Gasteiger charge is -2.32. The maximum absolute atomic E-state index is 12.8. The average molecular weight is 542 g/mol. The van der Waals surface area contributed by atoms with Gasteiger partial charge in [0, 0.05) is 38.4 Å². The molecule has 0 saturated carbocycles. The number of likely N-dealkylation sites (tertiary alicyclic amines) is 1. The van der Waals surface area contributed by atoms with Gasteiger partial charge in [0.05, 0.1) is 18.8 Å². The van der Waals surface area contributed by atoms with Crippen LogP contribution in [-0.2, 0) is 24.0 Å². The Morgan fingerprint density at radius 2 is 1.97 bits per heavy atom. The van der Waals surface area contributed by atoms with Crippen LogP contribution in [0.25, 0.3) is 6.08 Å². The van der Waals surface area contributed by atoms with Gasteiger partial charge in [-0.25, -0.2) is 9.30 Å². The number of benzene rings is 2. The van der Waals surface area contributed by atoms with Crippen LogP contribution in [-0.4, -0.2) is 70.0 Å². The third-order valence-electron chi connectivity index (χ3n) is 5.98. The van der Waals surface area contributed by atoms with Gasteiger partial charge in [0.25, 0.3) is 6.02 Å². The minimum absolute atomic E-state index is 0.0219. The molecule has 2 aliphatic rings. The number of nitrogens with zero attached hydrogens (tertiary/aromatic N) is 3. The van der Waals surface area contributed by atoms with Gasteiger partial charge in [-0.15, -0.1) is 0 Å². The predicted octanol–water partition coefficient (Wildman–Crippen LogP) is 2.53. The van der Waals surface area contributed by atoms with Crippen molar-refractivity contribution in [3.63, 3.8) is 0 Å². The molecule has 0 aliphatic carbocycles. The van der Waals surface area contributed by atoms with Crippen molar-refractivity contribution in [3.05, 3.63) is 65.7 Å². The van der Waals surface area contributed by atoms with E-state index >= 15 is 0 Å². The van der Waals surface area contributed by atoms with Gasteiger partial charge < -0.3 is 24.3 Å². The van der Waals surface area contributed by atoms with Crippen LogP contribution in [0.5, 0.6) is 5.75 Å². The van der Waals surface area contributed by atoms with Crippen LogP contribution in [0.4, 0.5) is 5.69 Å². The molecule has 0 atom stereocenters. The van der Waals surface area contributed by atoms with E-state index in [0.717, 1.165) is 42.7 Å². The van der Waals surface area contributed by atoms with Crippen molar-refractivity contribution in [1.29, 1.82) is 5.41 Å². The van der Waals surface area contributed by atoms with Gasteiger partial charge in [-0.2, -0.15) is 8.42 Å². The van der Waals surface area contributed by atoms with E-state index in [9.17, 15) is 13.2 Å². The van der Waals surface area contributed by atoms with Gasteiger partial charge in [0.2, 0.25) is 0 Å². The molecule has 0 spiro atoms. The Hall–Kier alpha value is -4.06. The highest BCUT2D eigenvalue weighted by Crippen LogP contribution is 2.26. The van der Waals surface area contributed by atoms with Gasteiger partial charge in [-0.1, -0.05) is 30.4 Å². The van der Waals surface area contributed by atoms with E-state index in [1.807, 2.05) is 0 Å². The average Bonchev–Trinajstić information content (AvgIpc) is 3.42. The molecule has 1 saturated heterocycles. The number of ether oxygens (including phenoxy) is 2. The molecule has 1 fully saturated rings. The second-order valence-electron chi connectivity index (χ2n) is 8.82. The zero-order valence-corrected chi connectivity index (χ0v) is 21.9. The number of carbonyl (C=O) groups excluding carboxylic acids is 1. The topological polar surface area (TPSA) is 148 Å². The normalized spacial score (nSPS) is 16.1. The van der Waals surface area contributed by atoms with Gasteiger partial charge in [0.1, 0.15) is 24.3 Å². The number of piperidine rings is 1. The summed E-state index contributed by atoms with van der Waals surface area (Å²) in [6, 6.07) is 14.3. The molecule has 0 bridgehead atoms. The van der Waals surface area contributed by atoms with E-state index in [0.29, 0.717) is 36.2 Å². The van der Waals surface area contributed by atoms with Crippen molar-refractivity contribution in [2.24, 2.45) is 10.7 Å². The number of nitrogens with one attached hydrogen (secondary N) is 1. The van der Waals surface area contributed by atoms with Crippen molar-refractivity contribution in [1.82, 2.24) is 4.90 Å². The Balaban J connectivity index is 1.43. The van der Waals surface area contributed by atoms with Crippen molar-refractivity contribution < 1.29 is 26.9 Å². The first-order chi connectivity index (χ1) is 18.2. The molecule has 0 amide bonds. The first kappa shape index (κ1) is 27.0. The molecule has 2 heterocycles. The number of rotatable bonds is 9. The van der Waals surface area contributed by atoms with Crippen molar-refractivity contribution >= 4 is 39.9 Å². The standard InChI is InChI=1S/C26H31N5O6S/c1-19(32)37-38(33,34)31(14-3-5-20-4-2-6-21(18-20)25(27)28)22-7-9-23(10-8-22)36-24-11-15-30(16-12-24)26-29-13-17-35-26/h2-10,18,24H,11-17H2,1H3,(H3,27,28)/b5-3+. The Labute approximate surface area is 222 Å². The number of hydrogen-bond acceptors (Lipinski definition) is 9. The predicted molar refractivity (Wildman–Crippen MR) is 144 cm³/mol. The minimum atomic E-state index is -4.40. The number of amidine groups is 2. The van der Waals surface area contributed by atoms with Crippen LogP contribution in [0.2, 0.25) is 0 Å². The Bertz CT molecular complexity index is 1320. The Kier molecular flexibility index (Phi) is 8.52. The number of aliphatic imine (C=N–C) groups is 1. The highest BCUT2D eigenvalue weighted by Gasteiger charge is 2.27. The molecule has 2 aliphatic heterocycles. The summed E-state index contributed by atoms with van der Waals surface area (Å²) in [4.78, 5) is 17.9. The summed E-state index contributed by atoms with van der Waals surface area (Å²) in [7, 11) is -4.40. The first-order valence-corrected chi connectivity index (χ1v) is 13.6. The fourth-order valence-corrected chi connectivity index (χ4v) is 5.21. The molecule has 38 heavy (non-hydrogen) atoms. The quantitative estimate of drug-likeness (QED) is 0.364. The molecular weight excluding hydrogens is 510 g/mol. The van der Waals surface area contributed by atoms with Crippen LogP contribution < -0.4 is 14.8 Å². The Morgan fingerprint density at radius 3 is 2.61 bits per heavy atom. The van der Waals surface area contributed by atoms with Crippen LogP contribution in [0.15, 0.2) is 59.6 Å². The molecule has 2 aromatic carbocycles. The lowest BCUT2D eigenvalue weighted by atomic mass is 10.1. The summed E-state index contributed by atoms with van der Waals surface area (Å²) in [5, 5.41) is 7.57. The molecule has 0 unspecified atom stereocenters. The second-order valence-corrected chi connectivity index (χ2v) is 10.3. The van der Waals surface area contributed by atoms with Gasteiger partial charge >= 0.3 is 16.3 Å². The van der Waals surface area contributed by atoms with E-state index in [4.69, 9.17) is 20.6 Å². The fraction of sp³-hybridized carbons (Fsp3) is 0.346. The van der Waals surface area contributed by atoms with Gasteiger partial charge in [-0.05, 0) is 35.9 Å². The SMILES string of the molecule is CC(=O)OS(=O)(=O)N(C/C=C/c1cccc(C(=N)N)c1)c1ccc(OC2CCN(C3=NCCO3)CC2)cc1. The first-order valence-electron chi connectivity index (χ1n) is 12.2. The van der Waals surface area contributed by atoms with Crippen molar-refractivity contribution in [3.8, 4) is 5.75 Å². The molecule has 3 N–H and O–H groups in total. The summed E-state index contributed by atoms with van der Waals surface area (Å²) in [5.41, 5.74) is 7.15. The molecule has 0 radical (unpaired) electrons. The molecule has 0 aromatic heterocycles. The Morgan fingerprint density at radius 1 is 1.24 bits per heavy atom. The highest BCUT2D eigenvalue weighted by molar-refractivity contribution is 7.88. The number of hydrogen-bond donors (Lipinski definition) is 2. The fourth-order valence-electron chi connectivity index (χ4n) is 4.18. The van der Waals surface area contributed by atoms with Crippen LogP contribution in [0.3, 0.4) is 0 Å². The van der Waals surface area contributed by atoms with Crippen molar-refractivity contribution in [2.45, 2.75) is 25.9 Å². The molecule has 2 aromatic rings. The van der Waals surface area contributed by atoms with E-state index < -0.39 is 16.3 Å². The highest BCUT2D eigenvalue weighted by atomic mass is 32.2. The number of nitrogen functional groups attached to an aromatic ring is 1. The van der Waals surface area contributed by atoms with Crippen LogP contribution in [0, 0.1) is 5.41 Å². The van der Waals surface area contributed by atoms with E-state index in [2.05, 4.69) is 14.1 Å². The van der Waals surface area contributed by atoms with E-state index in [-0.39, 0.29) is 18.5 Å². The van der Waals surface area contributed by atoms with Gasteiger partial charge in [0.15, 0.2) is 0 Å². The molecule has 4 rings (SSSR count). The lowest BCUT2D eigenvalue weighted by molar-refractivity contribution is -0.131. The minimum Gasteiger partial charge on any atom is -0.490 e. The van der Waals surface area contributed by atoms with Crippen LogP contribution in [0.1, 0.15) is 30.9 Å². The smallest absolute Gasteiger partial charge is 0.412 e. The second kappa shape index (κ2) is 12.0. The monoisotopic (exact) mass is 541 g/mol.